The number of aryl methyl sites for hydroxylation is 1. The molecule has 1 rings (SSSR count). The van der Waals surface area contributed by atoms with Crippen molar-refractivity contribution in [1.29, 1.82) is 0 Å². The van der Waals surface area contributed by atoms with E-state index in [1.54, 1.807) is 7.11 Å². The number of nitrogens with one attached hydrogen (secondary N) is 1. The van der Waals surface area contributed by atoms with Crippen LogP contribution in [0.3, 0.4) is 0 Å². The van der Waals surface area contributed by atoms with Crippen LogP contribution in [0.1, 0.15) is 25.0 Å². The second kappa shape index (κ2) is 9.77. The van der Waals surface area contributed by atoms with Crippen LogP contribution in [-0.4, -0.2) is 45.1 Å². The zero-order valence-electron chi connectivity index (χ0n) is 13.9. The van der Waals surface area contributed by atoms with Gasteiger partial charge in [-0.1, -0.05) is 26.0 Å². The zero-order valence-corrected chi connectivity index (χ0v) is 13.9. The van der Waals surface area contributed by atoms with Crippen LogP contribution in [0.25, 0.3) is 0 Å². The van der Waals surface area contributed by atoms with Gasteiger partial charge in [0.15, 0.2) is 0 Å². The Morgan fingerprint density at radius 3 is 2.62 bits per heavy atom. The van der Waals surface area contributed by atoms with E-state index in [2.05, 4.69) is 49.2 Å². The molecule has 0 radical (unpaired) electrons. The number of ether oxygens (including phenoxy) is 1. The van der Waals surface area contributed by atoms with Crippen LogP contribution in [0.2, 0.25) is 0 Å². The largest absolute Gasteiger partial charge is 0.395 e. The lowest BCUT2D eigenvalue weighted by atomic mass is 10.1. The van der Waals surface area contributed by atoms with Crippen molar-refractivity contribution in [2.45, 2.75) is 27.3 Å². The van der Waals surface area contributed by atoms with Crippen LogP contribution in [-0.2, 0) is 11.3 Å². The molecule has 0 bridgehead atoms. The summed E-state index contributed by atoms with van der Waals surface area (Å²) < 4.78 is 5.15. The van der Waals surface area contributed by atoms with Crippen molar-refractivity contribution in [3.05, 3.63) is 29.3 Å². The van der Waals surface area contributed by atoms with E-state index in [0.717, 1.165) is 19.6 Å². The Kier molecular flexibility index (Phi) is 8.35. The second-order valence-corrected chi connectivity index (χ2v) is 5.85. The molecule has 1 aromatic rings. The summed E-state index contributed by atoms with van der Waals surface area (Å²) in [5.41, 5.74) is 3.71. The van der Waals surface area contributed by atoms with Crippen LogP contribution in [0, 0.1) is 12.8 Å². The Morgan fingerprint density at radius 2 is 2.05 bits per heavy atom. The molecule has 0 aliphatic carbocycles. The van der Waals surface area contributed by atoms with Gasteiger partial charge in [0.05, 0.1) is 13.2 Å². The molecule has 0 amide bonds. The molecule has 0 aromatic heterocycles. The van der Waals surface area contributed by atoms with Gasteiger partial charge in [0, 0.05) is 32.4 Å². The van der Waals surface area contributed by atoms with Gasteiger partial charge in [-0.3, -0.25) is 0 Å². The molecular formula is C17H30N2O2. The quantitative estimate of drug-likeness (QED) is 0.694. The van der Waals surface area contributed by atoms with E-state index in [0.29, 0.717) is 19.1 Å². The Balaban J connectivity index is 2.70. The van der Waals surface area contributed by atoms with Crippen LogP contribution in [0.5, 0.6) is 0 Å². The van der Waals surface area contributed by atoms with Gasteiger partial charge in [0.25, 0.3) is 0 Å². The molecule has 4 nitrogen and oxygen atoms in total. The third-order valence-corrected chi connectivity index (χ3v) is 3.42. The first kappa shape index (κ1) is 18.0. The molecule has 0 aliphatic heterocycles. The van der Waals surface area contributed by atoms with Gasteiger partial charge < -0.3 is 20.1 Å². The number of methoxy groups -OCH3 is 1. The maximum absolute atomic E-state index is 9.22. The van der Waals surface area contributed by atoms with Crippen molar-refractivity contribution in [2.75, 3.05) is 44.9 Å². The lowest BCUT2D eigenvalue weighted by Gasteiger charge is -2.26. The molecule has 0 aliphatic rings. The highest BCUT2D eigenvalue weighted by Gasteiger charge is 2.09. The summed E-state index contributed by atoms with van der Waals surface area (Å²) in [4.78, 5) is 2.17. The number of rotatable bonds is 10. The molecule has 0 spiro atoms. The fraction of sp³-hybridized carbons (Fsp3) is 0.647. The number of nitrogens with zero attached hydrogens (tertiary/aromatic N) is 1. The minimum absolute atomic E-state index is 0.154. The summed E-state index contributed by atoms with van der Waals surface area (Å²) in [5, 5.41) is 12.7. The first-order valence-corrected chi connectivity index (χ1v) is 7.73. The number of anilines is 1. The van der Waals surface area contributed by atoms with Crippen LogP contribution < -0.4 is 10.2 Å². The van der Waals surface area contributed by atoms with Crippen LogP contribution in [0.15, 0.2) is 18.2 Å². The molecule has 0 saturated carbocycles. The predicted molar refractivity (Wildman–Crippen MR) is 88.9 cm³/mol. The minimum Gasteiger partial charge on any atom is -0.395 e. The lowest BCUT2D eigenvalue weighted by Crippen LogP contribution is -2.30. The standard InChI is InChI=1S/C17H30N2O2/c1-14(2)12-18-13-16-5-6-17(15(3)11-16)19(7-9-20)8-10-21-4/h5-6,11,14,18,20H,7-10,12-13H2,1-4H3. The van der Waals surface area contributed by atoms with Crippen LogP contribution >= 0.6 is 0 Å². The molecule has 0 saturated heterocycles. The van der Waals surface area contributed by atoms with E-state index in [9.17, 15) is 5.11 Å². The first-order chi connectivity index (χ1) is 10.1. The monoisotopic (exact) mass is 294 g/mol. The average molecular weight is 294 g/mol. The molecule has 0 fully saturated rings. The third-order valence-electron chi connectivity index (χ3n) is 3.42. The van der Waals surface area contributed by atoms with E-state index >= 15 is 0 Å². The molecule has 1 aromatic carbocycles. The summed E-state index contributed by atoms with van der Waals surface area (Å²) >= 11 is 0. The first-order valence-electron chi connectivity index (χ1n) is 7.73. The van der Waals surface area contributed by atoms with Gasteiger partial charge in [-0.25, -0.2) is 0 Å². The molecule has 0 heterocycles. The van der Waals surface area contributed by atoms with Crippen molar-refractivity contribution < 1.29 is 9.84 Å². The second-order valence-electron chi connectivity index (χ2n) is 5.85. The third kappa shape index (κ3) is 6.46. The van der Waals surface area contributed by atoms with Gasteiger partial charge in [0.2, 0.25) is 0 Å². The zero-order chi connectivity index (χ0) is 15.7. The predicted octanol–water partition coefficient (Wildman–Crippen LogP) is 2.19. The number of benzene rings is 1. The molecule has 4 heteroatoms. The SMILES string of the molecule is COCCN(CCO)c1ccc(CNCC(C)C)cc1C. The van der Waals surface area contributed by atoms with Gasteiger partial charge in [-0.2, -0.15) is 0 Å². The minimum atomic E-state index is 0.154. The Morgan fingerprint density at radius 1 is 1.29 bits per heavy atom. The Bertz CT molecular complexity index is 408. The van der Waals surface area contributed by atoms with Gasteiger partial charge in [-0.05, 0) is 36.6 Å². The highest BCUT2D eigenvalue weighted by atomic mass is 16.5. The Hall–Kier alpha value is -1.10. The maximum Gasteiger partial charge on any atom is 0.0637 e. The summed E-state index contributed by atoms with van der Waals surface area (Å²) in [6.07, 6.45) is 0. The number of hydrogen-bond acceptors (Lipinski definition) is 4. The van der Waals surface area contributed by atoms with Gasteiger partial charge in [0.1, 0.15) is 0 Å². The summed E-state index contributed by atoms with van der Waals surface area (Å²) in [6, 6.07) is 6.53. The topological polar surface area (TPSA) is 44.7 Å². The van der Waals surface area contributed by atoms with Crippen molar-refractivity contribution >= 4 is 5.69 Å². The van der Waals surface area contributed by atoms with Crippen molar-refractivity contribution in [3.63, 3.8) is 0 Å². The number of aliphatic hydroxyl groups excluding tert-OH is 1. The highest BCUT2D eigenvalue weighted by Crippen LogP contribution is 2.21. The number of aliphatic hydroxyl groups is 1. The highest BCUT2D eigenvalue weighted by molar-refractivity contribution is 5.54. The molecule has 0 atom stereocenters. The van der Waals surface area contributed by atoms with E-state index in [-0.39, 0.29) is 6.61 Å². The maximum atomic E-state index is 9.22. The van der Waals surface area contributed by atoms with E-state index < -0.39 is 0 Å². The molecule has 21 heavy (non-hydrogen) atoms. The van der Waals surface area contributed by atoms with Crippen molar-refractivity contribution in [2.24, 2.45) is 5.92 Å². The summed E-state index contributed by atoms with van der Waals surface area (Å²) in [5.74, 6) is 0.666. The van der Waals surface area contributed by atoms with E-state index in [4.69, 9.17) is 4.74 Å². The fourth-order valence-electron chi connectivity index (χ4n) is 2.36. The van der Waals surface area contributed by atoms with Gasteiger partial charge in [-0.15, -0.1) is 0 Å². The summed E-state index contributed by atoms with van der Waals surface area (Å²) in [6.45, 7) is 10.7. The van der Waals surface area contributed by atoms with E-state index in [1.165, 1.54) is 16.8 Å². The van der Waals surface area contributed by atoms with Crippen molar-refractivity contribution in [3.8, 4) is 0 Å². The molecule has 120 valence electrons. The summed E-state index contributed by atoms with van der Waals surface area (Å²) in [7, 11) is 1.70. The molecule has 2 N–H and O–H groups in total. The van der Waals surface area contributed by atoms with Crippen molar-refractivity contribution in [1.82, 2.24) is 5.32 Å². The normalized spacial score (nSPS) is 11.1. The van der Waals surface area contributed by atoms with Crippen LogP contribution in [0.4, 0.5) is 5.69 Å². The number of hydrogen-bond donors (Lipinski definition) is 2. The Labute approximate surface area is 129 Å². The molecule has 0 unspecified atom stereocenters. The van der Waals surface area contributed by atoms with Gasteiger partial charge >= 0.3 is 0 Å². The molecular weight excluding hydrogens is 264 g/mol. The van der Waals surface area contributed by atoms with E-state index in [1.807, 2.05) is 0 Å². The smallest absolute Gasteiger partial charge is 0.0637 e. The lowest BCUT2D eigenvalue weighted by molar-refractivity contribution is 0.203. The average Bonchev–Trinajstić information content (AvgIpc) is 2.43. The fourth-order valence-corrected chi connectivity index (χ4v) is 2.36.